The number of nitrogens with zero attached hydrogens (tertiary/aromatic N) is 2. The third kappa shape index (κ3) is 8.87. The average molecular weight is 270 g/mol. The van der Waals surface area contributed by atoms with Crippen LogP contribution in [0, 0.1) is 11.8 Å². The third-order valence-corrected chi connectivity index (χ3v) is 3.68. The van der Waals surface area contributed by atoms with Gasteiger partial charge in [0.2, 0.25) is 0 Å². The van der Waals surface area contributed by atoms with E-state index in [1.165, 1.54) is 38.9 Å². The lowest BCUT2D eigenvalue weighted by molar-refractivity contribution is 0.297. The van der Waals surface area contributed by atoms with Crippen molar-refractivity contribution in [3.05, 3.63) is 0 Å². The number of unbranched alkanes of at least 4 members (excludes halogenated alkanes) is 2. The lowest BCUT2D eigenvalue weighted by Crippen LogP contribution is -2.23. The van der Waals surface area contributed by atoms with Gasteiger partial charge in [0.15, 0.2) is 5.96 Å². The number of likely N-dealkylation sites (tertiary alicyclic amines) is 1. The van der Waals surface area contributed by atoms with Gasteiger partial charge >= 0.3 is 0 Å². The fraction of sp³-hybridized carbons (Fsp3) is 0.933. The van der Waals surface area contributed by atoms with E-state index in [0.717, 1.165) is 24.8 Å². The second kappa shape index (κ2) is 11.1. The maximum Gasteiger partial charge on any atom is 0.185 e. The predicted octanol–water partition coefficient (Wildman–Crippen LogP) is 2.43. The summed E-state index contributed by atoms with van der Waals surface area (Å²) in [5, 5.41) is 0. The smallest absolute Gasteiger partial charge is 0.185 e. The molecule has 0 amide bonds. The quantitative estimate of drug-likeness (QED) is 0.424. The van der Waals surface area contributed by atoms with Gasteiger partial charge in [0, 0.05) is 13.1 Å². The van der Waals surface area contributed by atoms with Gasteiger partial charge in [0.25, 0.3) is 0 Å². The Kier molecular flexibility index (Phi) is 10.6. The molecule has 0 radical (unpaired) electrons. The van der Waals surface area contributed by atoms with Gasteiger partial charge in [-0.15, -0.1) is 0 Å². The van der Waals surface area contributed by atoms with Gasteiger partial charge in [0.05, 0.1) is 0 Å². The van der Waals surface area contributed by atoms with Gasteiger partial charge < -0.3 is 16.4 Å². The zero-order valence-corrected chi connectivity index (χ0v) is 13.4. The van der Waals surface area contributed by atoms with Crippen molar-refractivity contribution in [2.45, 2.75) is 53.4 Å². The molecular formula is C15H34N4. The van der Waals surface area contributed by atoms with E-state index in [1.807, 2.05) is 13.8 Å². The van der Waals surface area contributed by atoms with E-state index in [-0.39, 0.29) is 5.96 Å². The molecular weight excluding hydrogens is 236 g/mol. The summed E-state index contributed by atoms with van der Waals surface area (Å²) in [6.07, 6.45) is 4.97. The van der Waals surface area contributed by atoms with Crippen LogP contribution in [0.2, 0.25) is 0 Å². The van der Waals surface area contributed by atoms with Crippen molar-refractivity contribution in [1.29, 1.82) is 0 Å². The van der Waals surface area contributed by atoms with E-state index in [4.69, 9.17) is 11.5 Å². The largest absolute Gasteiger partial charge is 0.370 e. The van der Waals surface area contributed by atoms with Crippen LogP contribution in [0.3, 0.4) is 0 Å². The number of hydrogen-bond acceptors (Lipinski definition) is 2. The standard InChI is InChI=1S/C13H28N4.C2H6/c1-11(2)12-6-9-17(10-12)8-5-3-4-7-16-13(14)15;1-2/h11-12H,3-10H2,1-2H3,(H4,14,15,16);1-2H3. The molecule has 0 aromatic rings. The van der Waals surface area contributed by atoms with Crippen LogP contribution >= 0.6 is 0 Å². The Morgan fingerprint density at radius 1 is 1.21 bits per heavy atom. The summed E-state index contributed by atoms with van der Waals surface area (Å²) >= 11 is 0. The molecule has 1 heterocycles. The van der Waals surface area contributed by atoms with Gasteiger partial charge in [-0.3, -0.25) is 4.99 Å². The maximum absolute atomic E-state index is 5.27. The lowest BCUT2D eigenvalue weighted by atomic mass is 9.95. The first-order chi connectivity index (χ1) is 9.09. The molecule has 1 saturated heterocycles. The number of guanidine groups is 1. The van der Waals surface area contributed by atoms with Crippen LogP contribution in [-0.4, -0.2) is 37.0 Å². The molecule has 1 aliphatic heterocycles. The van der Waals surface area contributed by atoms with Gasteiger partial charge in [0.1, 0.15) is 0 Å². The molecule has 0 aromatic heterocycles. The van der Waals surface area contributed by atoms with Crippen LogP contribution in [0.25, 0.3) is 0 Å². The highest BCUT2D eigenvalue weighted by Crippen LogP contribution is 2.23. The minimum absolute atomic E-state index is 0.212. The molecule has 1 fully saturated rings. The summed E-state index contributed by atoms with van der Waals surface area (Å²) in [5.74, 6) is 1.96. The highest BCUT2D eigenvalue weighted by molar-refractivity contribution is 5.75. The molecule has 0 spiro atoms. The van der Waals surface area contributed by atoms with Crippen molar-refractivity contribution < 1.29 is 0 Å². The molecule has 1 aliphatic rings. The molecule has 1 rings (SSSR count). The van der Waals surface area contributed by atoms with E-state index in [1.54, 1.807) is 0 Å². The van der Waals surface area contributed by atoms with Crippen LogP contribution in [0.1, 0.15) is 53.4 Å². The summed E-state index contributed by atoms with van der Waals surface area (Å²) in [6, 6.07) is 0. The summed E-state index contributed by atoms with van der Waals surface area (Å²) in [7, 11) is 0. The Morgan fingerprint density at radius 2 is 1.89 bits per heavy atom. The molecule has 4 nitrogen and oxygen atoms in total. The second-order valence-electron chi connectivity index (χ2n) is 5.46. The third-order valence-electron chi connectivity index (χ3n) is 3.68. The Balaban J connectivity index is 0.00000154. The molecule has 0 saturated carbocycles. The van der Waals surface area contributed by atoms with Gasteiger partial charge in [-0.2, -0.15) is 0 Å². The second-order valence-corrected chi connectivity index (χ2v) is 5.46. The van der Waals surface area contributed by atoms with Gasteiger partial charge in [-0.1, -0.05) is 34.1 Å². The zero-order chi connectivity index (χ0) is 14.7. The topological polar surface area (TPSA) is 67.6 Å². The van der Waals surface area contributed by atoms with Crippen molar-refractivity contribution in [1.82, 2.24) is 4.90 Å². The Bertz CT molecular complexity index is 234. The zero-order valence-electron chi connectivity index (χ0n) is 13.4. The molecule has 1 atom stereocenters. The van der Waals surface area contributed by atoms with Crippen molar-refractivity contribution in [3.8, 4) is 0 Å². The highest BCUT2D eigenvalue weighted by Gasteiger charge is 2.23. The van der Waals surface area contributed by atoms with E-state index in [0.29, 0.717) is 0 Å². The first-order valence-electron chi connectivity index (χ1n) is 7.87. The summed E-state index contributed by atoms with van der Waals surface area (Å²) in [4.78, 5) is 6.59. The monoisotopic (exact) mass is 270 g/mol. The Hall–Kier alpha value is -0.770. The molecule has 0 bridgehead atoms. The predicted molar refractivity (Wildman–Crippen MR) is 85.3 cm³/mol. The minimum atomic E-state index is 0.212. The molecule has 4 N–H and O–H groups in total. The molecule has 19 heavy (non-hydrogen) atoms. The van der Waals surface area contributed by atoms with Crippen LogP contribution in [-0.2, 0) is 0 Å². The highest BCUT2D eigenvalue weighted by atomic mass is 15.1. The lowest BCUT2D eigenvalue weighted by Gasteiger charge is -2.17. The normalized spacial score (nSPS) is 19.1. The van der Waals surface area contributed by atoms with Crippen molar-refractivity contribution in [2.75, 3.05) is 26.2 Å². The maximum atomic E-state index is 5.27. The van der Waals surface area contributed by atoms with E-state index in [9.17, 15) is 0 Å². The molecule has 0 aromatic carbocycles. The minimum Gasteiger partial charge on any atom is -0.370 e. The average Bonchev–Trinajstić information content (AvgIpc) is 2.84. The van der Waals surface area contributed by atoms with Gasteiger partial charge in [-0.25, -0.2) is 0 Å². The molecule has 1 unspecified atom stereocenters. The van der Waals surface area contributed by atoms with Crippen molar-refractivity contribution in [3.63, 3.8) is 0 Å². The number of nitrogens with two attached hydrogens (primary N) is 2. The van der Waals surface area contributed by atoms with Gasteiger partial charge in [-0.05, 0) is 44.2 Å². The summed E-state index contributed by atoms with van der Waals surface area (Å²) in [6.45, 7) is 13.3. The number of hydrogen-bond donors (Lipinski definition) is 2. The molecule has 114 valence electrons. The van der Waals surface area contributed by atoms with E-state index < -0.39 is 0 Å². The van der Waals surface area contributed by atoms with Crippen molar-refractivity contribution >= 4 is 5.96 Å². The van der Waals surface area contributed by atoms with Crippen LogP contribution in [0.5, 0.6) is 0 Å². The SMILES string of the molecule is CC.CC(C)C1CCN(CCCCCN=C(N)N)C1. The number of rotatable bonds is 7. The van der Waals surface area contributed by atoms with E-state index >= 15 is 0 Å². The van der Waals surface area contributed by atoms with Crippen LogP contribution < -0.4 is 11.5 Å². The first kappa shape index (κ1) is 18.2. The van der Waals surface area contributed by atoms with Crippen LogP contribution in [0.15, 0.2) is 4.99 Å². The van der Waals surface area contributed by atoms with E-state index in [2.05, 4.69) is 23.7 Å². The molecule has 0 aliphatic carbocycles. The first-order valence-corrected chi connectivity index (χ1v) is 7.87. The fourth-order valence-electron chi connectivity index (χ4n) is 2.44. The number of aliphatic imine (C=N–C) groups is 1. The Labute approximate surface area is 119 Å². The Morgan fingerprint density at radius 3 is 2.42 bits per heavy atom. The summed E-state index contributed by atoms with van der Waals surface area (Å²) in [5.41, 5.74) is 10.5. The molecule has 4 heteroatoms. The van der Waals surface area contributed by atoms with Crippen LogP contribution in [0.4, 0.5) is 0 Å². The van der Waals surface area contributed by atoms with Crippen molar-refractivity contribution in [2.24, 2.45) is 28.3 Å². The summed E-state index contributed by atoms with van der Waals surface area (Å²) < 4.78 is 0. The fourth-order valence-corrected chi connectivity index (χ4v) is 2.44.